The number of rotatable bonds is 9. The van der Waals surface area contributed by atoms with Gasteiger partial charge in [-0.15, -0.1) is 0 Å². The summed E-state index contributed by atoms with van der Waals surface area (Å²) in [7, 11) is 0. The summed E-state index contributed by atoms with van der Waals surface area (Å²) < 4.78 is 5.71. The van der Waals surface area contributed by atoms with Crippen molar-refractivity contribution in [3.63, 3.8) is 0 Å². The van der Waals surface area contributed by atoms with Crippen LogP contribution in [0.3, 0.4) is 0 Å². The number of halogens is 1. The van der Waals surface area contributed by atoms with E-state index in [1.165, 1.54) is 19.3 Å². The maximum absolute atomic E-state index is 8.76. The van der Waals surface area contributed by atoms with E-state index in [1.807, 2.05) is 24.3 Å². The molecule has 0 atom stereocenters. The Kier molecular flexibility index (Phi) is 7.99. The molecule has 0 aliphatic carbocycles. The summed E-state index contributed by atoms with van der Waals surface area (Å²) in [6.07, 6.45) is 4.73. The summed E-state index contributed by atoms with van der Waals surface area (Å²) in [5.74, 6) is 0.854. The number of unbranched alkanes of at least 4 members (excludes halogenated alkanes) is 3. The van der Waals surface area contributed by atoms with E-state index in [0.717, 1.165) is 35.5 Å². The summed E-state index contributed by atoms with van der Waals surface area (Å²) in [4.78, 5) is 0. The Morgan fingerprint density at radius 3 is 2.00 bits per heavy atom. The molecular formula is C19H20BrN3O. The number of nitrogens with zero attached hydrogens (tertiary/aromatic N) is 3. The van der Waals surface area contributed by atoms with Crippen LogP contribution < -0.4 is 4.74 Å². The molecule has 0 spiro atoms. The molecule has 0 aliphatic rings. The summed E-state index contributed by atoms with van der Waals surface area (Å²) in [5, 5.41) is 18.2. The number of hydrogen-bond donors (Lipinski definition) is 0. The smallest absolute Gasteiger partial charge is 0.119 e. The fraction of sp³-hybridized carbons (Fsp3) is 0.316. The first-order valence-electron chi connectivity index (χ1n) is 8.02. The quantitative estimate of drug-likeness (QED) is 0.288. The van der Waals surface area contributed by atoms with E-state index in [9.17, 15) is 0 Å². The first-order valence-corrected chi connectivity index (χ1v) is 9.15. The van der Waals surface area contributed by atoms with Crippen molar-refractivity contribution >= 4 is 27.3 Å². The predicted molar refractivity (Wildman–Crippen MR) is 99.5 cm³/mol. The SMILES string of the molecule is N#Cc1ccc(N=Nc2ccc(OCCCCCCBr)cc2)cc1. The van der Waals surface area contributed by atoms with Gasteiger partial charge in [-0.1, -0.05) is 28.8 Å². The standard InChI is InChI=1S/C19H20BrN3O/c20-13-3-1-2-4-14-24-19-11-9-18(10-12-19)23-22-17-7-5-16(15-21)6-8-17/h5-12H,1-4,13-14H2. The zero-order chi connectivity index (χ0) is 17.0. The molecule has 0 heterocycles. The number of nitriles is 1. The summed E-state index contributed by atoms with van der Waals surface area (Å²) >= 11 is 3.44. The first kappa shape index (κ1) is 18.2. The molecule has 0 radical (unpaired) electrons. The van der Waals surface area contributed by atoms with Crippen LogP contribution in [0.15, 0.2) is 58.8 Å². The predicted octanol–water partition coefficient (Wildman–Crippen LogP) is 6.31. The monoisotopic (exact) mass is 385 g/mol. The fourth-order valence-corrected chi connectivity index (χ4v) is 2.46. The average molecular weight is 386 g/mol. The van der Waals surface area contributed by atoms with Crippen molar-refractivity contribution in [2.45, 2.75) is 25.7 Å². The third kappa shape index (κ3) is 6.51. The third-order valence-electron chi connectivity index (χ3n) is 3.41. The van der Waals surface area contributed by atoms with Crippen LogP contribution in [0.5, 0.6) is 5.75 Å². The van der Waals surface area contributed by atoms with Crippen LogP contribution in [-0.4, -0.2) is 11.9 Å². The Hall–Kier alpha value is -2.19. The number of benzene rings is 2. The second-order valence-corrected chi connectivity index (χ2v) is 6.10. The molecule has 0 unspecified atom stereocenters. The Morgan fingerprint density at radius 1 is 0.833 bits per heavy atom. The highest BCUT2D eigenvalue weighted by atomic mass is 79.9. The molecule has 5 heteroatoms. The van der Waals surface area contributed by atoms with Crippen LogP contribution in [-0.2, 0) is 0 Å². The van der Waals surface area contributed by atoms with Crippen LogP contribution in [0.2, 0.25) is 0 Å². The van der Waals surface area contributed by atoms with Gasteiger partial charge in [0.05, 0.1) is 29.6 Å². The van der Waals surface area contributed by atoms with E-state index in [0.29, 0.717) is 5.56 Å². The Morgan fingerprint density at radius 2 is 1.42 bits per heavy atom. The first-order chi connectivity index (χ1) is 11.8. The van der Waals surface area contributed by atoms with Gasteiger partial charge in [-0.05, 0) is 61.4 Å². The molecule has 2 rings (SSSR count). The normalized spacial score (nSPS) is 10.7. The minimum absolute atomic E-state index is 0.614. The van der Waals surface area contributed by atoms with Crippen LogP contribution in [0, 0.1) is 11.3 Å². The van der Waals surface area contributed by atoms with Gasteiger partial charge in [0.2, 0.25) is 0 Å². The van der Waals surface area contributed by atoms with Crippen LogP contribution in [0.25, 0.3) is 0 Å². The highest BCUT2D eigenvalue weighted by molar-refractivity contribution is 9.09. The van der Waals surface area contributed by atoms with E-state index in [4.69, 9.17) is 10.00 Å². The Labute approximate surface area is 151 Å². The molecule has 0 aliphatic heterocycles. The van der Waals surface area contributed by atoms with Crippen molar-refractivity contribution in [3.05, 3.63) is 54.1 Å². The van der Waals surface area contributed by atoms with Gasteiger partial charge >= 0.3 is 0 Å². The molecule has 0 N–H and O–H groups in total. The lowest BCUT2D eigenvalue weighted by Gasteiger charge is -2.05. The van der Waals surface area contributed by atoms with Crippen LogP contribution in [0.1, 0.15) is 31.2 Å². The maximum Gasteiger partial charge on any atom is 0.119 e. The van der Waals surface area contributed by atoms with E-state index < -0.39 is 0 Å². The fourth-order valence-electron chi connectivity index (χ4n) is 2.07. The molecular weight excluding hydrogens is 366 g/mol. The second-order valence-electron chi connectivity index (χ2n) is 5.30. The summed E-state index contributed by atoms with van der Waals surface area (Å²) in [5.41, 5.74) is 2.10. The molecule has 2 aromatic rings. The number of hydrogen-bond acceptors (Lipinski definition) is 4. The maximum atomic E-state index is 8.76. The molecule has 24 heavy (non-hydrogen) atoms. The Balaban J connectivity index is 1.78. The number of alkyl halides is 1. The molecule has 2 aromatic carbocycles. The molecule has 4 nitrogen and oxygen atoms in total. The van der Waals surface area contributed by atoms with Crippen molar-refractivity contribution < 1.29 is 4.74 Å². The van der Waals surface area contributed by atoms with Crippen LogP contribution >= 0.6 is 15.9 Å². The van der Waals surface area contributed by atoms with E-state index >= 15 is 0 Å². The highest BCUT2D eigenvalue weighted by Crippen LogP contribution is 2.21. The molecule has 0 fully saturated rings. The molecule has 0 aromatic heterocycles. The lowest BCUT2D eigenvalue weighted by Crippen LogP contribution is -1.96. The molecule has 0 amide bonds. The van der Waals surface area contributed by atoms with Gasteiger partial charge in [0.1, 0.15) is 5.75 Å². The second kappa shape index (κ2) is 10.6. The zero-order valence-corrected chi connectivity index (χ0v) is 15.1. The van der Waals surface area contributed by atoms with Crippen molar-refractivity contribution in [2.75, 3.05) is 11.9 Å². The van der Waals surface area contributed by atoms with Gasteiger partial charge in [-0.25, -0.2) is 0 Å². The number of ether oxygens (including phenoxy) is 1. The number of azo groups is 1. The van der Waals surface area contributed by atoms with E-state index in [2.05, 4.69) is 32.2 Å². The van der Waals surface area contributed by atoms with Gasteiger partial charge in [0.15, 0.2) is 0 Å². The average Bonchev–Trinajstić information content (AvgIpc) is 2.64. The highest BCUT2D eigenvalue weighted by Gasteiger charge is 1.96. The van der Waals surface area contributed by atoms with Crippen molar-refractivity contribution in [1.29, 1.82) is 5.26 Å². The topological polar surface area (TPSA) is 57.7 Å². The molecule has 0 saturated heterocycles. The van der Waals surface area contributed by atoms with Gasteiger partial charge in [0.25, 0.3) is 0 Å². The minimum atomic E-state index is 0.614. The van der Waals surface area contributed by atoms with Gasteiger partial charge in [-0.3, -0.25) is 0 Å². The van der Waals surface area contributed by atoms with Crippen molar-refractivity contribution in [1.82, 2.24) is 0 Å². The largest absolute Gasteiger partial charge is 0.494 e. The third-order valence-corrected chi connectivity index (χ3v) is 3.97. The summed E-state index contributed by atoms with van der Waals surface area (Å²) in [6.45, 7) is 0.744. The molecule has 0 bridgehead atoms. The summed E-state index contributed by atoms with van der Waals surface area (Å²) in [6, 6.07) is 16.7. The van der Waals surface area contributed by atoms with Crippen molar-refractivity contribution in [3.8, 4) is 11.8 Å². The molecule has 0 saturated carbocycles. The van der Waals surface area contributed by atoms with E-state index in [-0.39, 0.29) is 0 Å². The van der Waals surface area contributed by atoms with Crippen LogP contribution in [0.4, 0.5) is 11.4 Å². The van der Waals surface area contributed by atoms with Crippen molar-refractivity contribution in [2.24, 2.45) is 10.2 Å². The minimum Gasteiger partial charge on any atom is -0.494 e. The van der Waals surface area contributed by atoms with E-state index in [1.54, 1.807) is 24.3 Å². The van der Waals surface area contributed by atoms with Gasteiger partial charge < -0.3 is 4.74 Å². The Bertz CT molecular complexity index is 675. The zero-order valence-electron chi connectivity index (χ0n) is 13.5. The lowest BCUT2D eigenvalue weighted by molar-refractivity contribution is 0.305. The lowest BCUT2D eigenvalue weighted by atomic mass is 10.2. The molecule has 124 valence electrons. The van der Waals surface area contributed by atoms with Gasteiger partial charge in [0, 0.05) is 5.33 Å². The van der Waals surface area contributed by atoms with Gasteiger partial charge in [-0.2, -0.15) is 15.5 Å².